The Bertz CT molecular complexity index is 683. The van der Waals surface area contributed by atoms with Crippen LogP contribution in [-0.4, -0.2) is 23.9 Å². The largest absolute Gasteiger partial charge is 0.493 e. The van der Waals surface area contributed by atoms with Crippen LogP contribution in [0.15, 0.2) is 47.5 Å². The maximum absolute atomic E-state index is 10.9. The molecule has 0 heterocycles. The van der Waals surface area contributed by atoms with E-state index in [2.05, 4.69) is 4.99 Å². The average molecular weight is 304 g/mol. The van der Waals surface area contributed by atoms with Crippen molar-refractivity contribution < 1.29 is 14.6 Å². The summed E-state index contributed by atoms with van der Waals surface area (Å²) in [6, 6.07) is 11.7. The minimum atomic E-state index is -0.982. The molecule has 0 aliphatic carbocycles. The number of ether oxygens (including phenoxy) is 1. The first-order valence-electron chi connectivity index (χ1n) is 6.40. The highest BCUT2D eigenvalue weighted by molar-refractivity contribution is 6.30. The van der Waals surface area contributed by atoms with Gasteiger partial charge in [-0.25, -0.2) is 4.79 Å². The number of aromatic carboxylic acids is 1. The number of rotatable bonds is 5. The molecule has 2 rings (SSSR count). The molecule has 1 N–H and O–H groups in total. The summed E-state index contributed by atoms with van der Waals surface area (Å²) in [6.07, 6.45) is 1.61. The van der Waals surface area contributed by atoms with Crippen molar-refractivity contribution in [1.82, 2.24) is 0 Å². The van der Waals surface area contributed by atoms with E-state index in [9.17, 15) is 4.79 Å². The van der Waals surface area contributed by atoms with Crippen molar-refractivity contribution in [3.8, 4) is 5.75 Å². The lowest BCUT2D eigenvalue weighted by Crippen LogP contribution is -1.96. The molecule has 2 aromatic rings. The fourth-order valence-corrected chi connectivity index (χ4v) is 1.95. The predicted octanol–water partition coefficient (Wildman–Crippen LogP) is 4.19. The number of aliphatic imine (C=N–C) groups is 1. The van der Waals surface area contributed by atoms with Crippen LogP contribution in [0.5, 0.6) is 5.75 Å². The summed E-state index contributed by atoms with van der Waals surface area (Å²) in [4.78, 5) is 15.2. The maximum Gasteiger partial charge on any atom is 0.335 e. The molecule has 108 valence electrons. The van der Waals surface area contributed by atoms with Gasteiger partial charge in [0.2, 0.25) is 0 Å². The van der Waals surface area contributed by atoms with Crippen molar-refractivity contribution in [2.75, 3.05) is 6.61 Å². The molecule has 0 unspecified atom stereocenters. The minimum absolute atomic E-state index is 0.195. The van der Waals surface area contributed by atoms with Gasteiger partial charge in [-0.3, -0.25) is 4.99 Å². The number of carbonyl (C=O) groups is 1. The Kier molecular flexibility index (Phi) is 4.95. The standard InChI is InChI=1S/C16H14ClNO3/c1-2-21-15-7-6-13(17)8-12(15)10-18-14-5-3-4-11(9-14)16(19)20/h3-10H,2H2,1H3,(H,19,20). The van der Waals surface area contributed by atoms with Crippen molar-refractivity contribution in [1.29, 1.82) is 0 Å². The Balaban J connectivity index is 2.30. The Morgan fingerprint density at radius 2 is 2.14 bits per heavy atom. The Morgan fingerprint density at radius 3 is 2.86 bits per heavy atom. The van der Waals surface area contributed by atoms with E-state index in [1.54, 1.807) is 36.5 Å². The second kappa shape index (κ2) is 6.90. The van der Waals surface area contributed by atoms with Crippen molar-refractivity contribution in [3.05, 3.63) is 58.6 Å². The Labute approximate surface area is 127 Å². The molecule has 0 aromatic heterocycles. The van der Waals surface area contributed by atoms with Gasteiger partial charge < -0.3 is 9.84 Å². The molecule has 4 nitrogen and oxygen atoms in total. The van der Waals surface area contributed by atoms with E-state index >= 15 is 0 Å². The Morgan fingerprint density at radius 1 is 1.33 bits per heavy atom. The van der Waals surface area contributed by atoms with E-state index in [1.807, 2.05) is 6.92 Å². The highest BCUT2D eigenvalue weighted by atomic mass is 35.5. The van der Waals surface area contributed by atoms with Gasteiger partial charge in [0.15, 0.2) is 0 Å². The third kappa shape index (κ3) is 4.07. The molecule has 5 heteroatoms. The molecule has 0 bridgehead atoms. The molecule has 0 atom stereocenters. The van der Waals surface area contributed by atoms with Gasteiger partial charge in [-0.2, -0.15) is 0 Å². The minimum Gasteiger partial charge on any atom is -0.493 e. The molecular formula is C16H14ClNO3. The van der Waals surface area contributed by atoms with Gasteiger partial charge in [0.05, 0.1) is 17.9 Å². The van der Waals surface area contributed by atoms with E-state index in [0.717, 1.165) is 5.56 Å². The second-order valence-electron chi connectivity index (χ2n) is 4.23. The van der Waals surface area contributed by atoms with Crippen LogP contribution in [0.1, 0.15) is 22.8 Å². The number of carboxylic acids is 1. The quantitative estimate of drug-likeness (QED) is 0.843. The first kappa shape index (κ1) is 15.1. The average Bonchev–Trinajstić information content (AvgIpc) is 2.48. The molecule has 0 amide bonds. The van der Waals surface area contributed by atoms with Gasteiger partial charge in [-0.05, 0) is 43.3 Å². The molecule has 2 aromatic carbocycles. The van der Waals surface area contributed by atoms with Crippen LogP contribution in [-0.2, 0) is 0 Å². The SMILES string of the molecule is CCOc1ccc(Cl)cc1C=Nc1cccc(C(=O)O)c1. The summed E-state index contributed by atoms with van der Waals surface area (Å²) in [5.41, 5.74) is 1.49. The van der Waals surface area contributed by atoms with Crippen LogP contribution < -0.4 is 4.74 Å². The predicted molar refractivity (Wildman–Crippen MR) is 83.3 cm³/mol. The van der Waals surface area contributed by atoms with Gasteiger partial charge in [0, 0.05) is 16.8 Å². The van der Waals surface area contributed by atoms with E-state index in [-0.39, 0.29) is 5.56 Å². The highest BCUT2D eigenvalue weighted by Crippen LogP contribution is 2.22. The number of nitrogens with zero attached hydrogens (tertiary/aromatic N) is 1. The number of hydrogen-bond acceptors (Lipinski definition) is 3. The third-order valence-corrected chi connectivity index (χ3v) is 2.95. The lowest BCUT2D eigenvalue weighted by Gasteiger charge is -2.07. The summed E-state index contributed by atoms with van der Waals surface area (Å²) >= 11 is 5.97. The first-order valence-corrected chi connectivity index (χ1v) is 6.77. The van der Waals surface area contributed by atoms with Gasteiger partial charge in [0.1, 0.15) is 5.75 Å². The fraction of sp³-hybridized carbons (Fsp3) is 0.125. The van der Waals surface area contributed by atoms with Crippen LogP contribution in [0, 0.1) is 0 Å². The number of halogens is 1. The topological polar surface area (TPSA) is 58.9 Å². The van der Waals surface area contributed by atoms with Crippen molar-refractivity contribution in [2.45, 2.75) is 6.92 Å². The van der Waals surface area contributed by atoms with Gasteiger partial charge in [0.25, 0.3) is 0 Å². The van der Waals surface area contributed by atoms with E-state index in [0.29, 0.717) is 23.1 Å². The molecule has 21 heavy (non-hydrogen) atoms. The van der Waals surface area contributed by atoms with Gasteiger partial charge in [-0.15, -0.1) is 0 Å². The summed E-state index contributed by atoms with van der Waals surface area (Å²) in [5, 5.41) is 9.54. The molecule has 0 spiro atoms. The summed E-state index contributed by atoms with van der Waals surface area (Å²) in [5.74, 6) is -0.301. The fourth-order valence-electron chi connectivity index (χ4n) is 1.77. The van der Waals surface area contributed by atoms with Crippen molar-refractivity contribution in [2.24, 2.45) is 4.99 Å². The number of carboxylic acid groups (broad SMARTS) is 1. The van der Waals surface area contributed by atoms with Crippen molar-refractivity contribution >= 4 is 29.5 Å². The normalized spacial score (nSPS) is 10.8. The van der Waals surface area contributed by atoms with E-state index in [4.69, 9.17) is 21.4 Å². The molecule has 0 saturated heterocycles. The summed E-state index contributed by atoms with van der Waals surface area (Å²) < 4.78 is 5.50. The molecular weight excluding hydrogens is 290 g/mol. The summed E-state index contributed by atoms with van der Waals surface area (Å²) in [7, 11) is 0. The molecule has 0 radical (unpaired) electrons. The van der Waals surface area contributed by atoms with Crippen LogP contribution in [0.25, 0.3) is 0 Å². The smallest absolute Gasteiger partial charge is 0.335 e. The van der Waals surface area contributed by atoms with Crippen LogP contribution in [0.4, 0.5) is 5.69 Å². The van der Waals surface area contributed by atoms with Gasteiger partial charge in [-0.1, -0.05) is 17.7 Å². The molecule has 0 aliphatic rings. The van der Waals surface area contributed by atoms with Crippen LogP contribution in [0.2, 0.25) is 5.02 Å². The molecule has 0 aliphatic heterocycles. The van der Waals surface area contributed by atoms with Crippen molar-refractivity contribution in [3.63, 3.8) is 0 Å². The van der Waals surface area contributed by atoms with Crippen LogP contribution in [0.3, 0.4) is 0 Å². The zero-order valence-electron chi connectivity index (χ0n) is 11.4. The molecule has 0 fully saturated rings. The van der Waals surface area contributed by atoms with E-state index < -0.39 is 5.97 Å². The zero-order chi connectivity index (χ0) is 15.2. The maximum atomic E-state index is 10.9. The van der Waals surface area contributed by atoms with E-state index in [1.165, 1.54) is 12.1 Å². The second-order valence-corrected chi connectivity index (χ2v) is 4.67. The molecule has 0 saturated carbocycles. The number of benzene rings is 2. The lowest BCUT2D eigenvalue weighted by molar-refractivity contribution is 0.0697. The highest BCUT2D eigenvalue weighted by Gasteiger charge is 2.04. The third-order valence-electron chi connectivity index (χ3n) is 2.72. The number of hydrogen-bond donors (Lipinski definition) is 1. The lowest BCUT2D eigenvalue weighted by atomic mass is 10.2. The summed E-state index contributed by atoms with van der Waals surface area (Å²) in [6.45, 7) is 2.43. The monoisotopic (exact) mass is 303 g/mol. The van der Waals surface area contributed by atoms with Gasteiger partial charge >= 0.3 is 5.97 Å². The zero-order valence-corrected chi connectivity index (χ0v) is 12.2. The Hall–Kier alpha value is -2.33. The first-order chi connectivity index (χ1) is 10.1. The van der Waals surface area contributed by atoms with Crippen LogP contribution >= 0.6 is 11.6 Å².